The van der Waals surface area contributed by atoms with Crippen molar-refractivity contribution in [2.24, 2.45) is 17.8 Å². The standard InChI is InChI=1S/C29H48N4O6/c1-5-6-12-32(4)29(36)33(14-13-31(2)3)17-25(34)24(15-20-10-8-7-9-11-20)30-28(35)39-26-21-16-22-23(26)19-38-27(22)37-18-21/h7-11,21-28,30,34-35H,5-6,12-19H2,1-4H3/t21?,22?,23?,24-,25+,26?,27?,28?/m0/s1. The lowest BCUT2D eigenvalue weighted by atomic mass is 9.98. The summed E-state index contributed by atoms with van der Waals surface area (Å²) in [5.74, 6) is 0.744. The molecular formula is C29H48N4O6. The molecule has 3 N–H and O–H groups in total. The zero-order valence-electron chi connectivity index (χ0n) is 23.9. The van der Waals surface area contributed by atoms with E-state index in [1.807, 2.05) is 56.4 Å². The molecule has 1 saturated carbocycles. The number of aliphatic hydroxyl groups is 2. The maximum atomic E-state index is 13.3. The van der Waals surface area contributed by atoms with Gasteiger partial charge < -0.3 is 39.1 Å². The van der Waals surface area contributed by atoms with Crippen molar-refractivity contribution in [2.45, 2.75) is 63.6 Å². The minimum Gasteiger partial charge on any atom is -0.390 e. The molecule has 10 nitrogen and oxygen atoms in total. The van der Waals surface area contributed by atoms with Crippen molar-refractivity contribution < 1.29 is 29.2 Å². The summed E-state index contributed by atoms with van der Waals surface area (Å²) in [6.45, 7) is 5.22. The maximum absolute atomic E-state index is 13.3. The highest BCUT2D eigenvalue weighted by molar-refractivity contribution is 5.74. The molecule has 2 saturated heterocycles. The number of rotatable bonds is 15. The number of hydrogen-bond acceptors (Lipinski definition) is 8. The van der Waals surface area contributed by atoms with Crippen LogP contribution in [0.15, 0.2) is 30.3 Å². The number of ether oxygens (including phenoxy) is 3. The lowest BCUT2D eigenvalue weighted by molar-refractivity contribution is -0.207. The fourth-order valence-corrected chi connectivity index (χ4v) is 6.09. The fraction of sp³-hybridized carbons (Fsp3) is 0.759. The van der Waals surface area contributed by atoms with Gasteiger partial charge in [-0.3, -0.25) is 5.32 Å². The second kappa shape index (κ2) is 14.2. The van der Waals surface area contributed by atoms with Crippen LogP contribution in [0.2, 0.25) is 0 Å². The summed E-state index contributed by atoms with van der Waals surface area (Å²) >= 11 is 0. The Kier molecular flexibility index (Phi) is 11.0. The van der Waals surface area contributed by atoms with E-state index < -0.39 is 18.6 Å². The van der Waals surface area contributed by atoms with Gasteiger partial charge in [0, 0.05) is 57.0 Å². The second-order valence-corrected chi connectivity index (χ2v) is 11.6. The molecule has 0 radical (unpaired) electrons. The highest BCUT2D eigenvalue weighted by Gasteiger charge is 2.55. The van der Waals surface area contributed by atoms with Crippen molar-refractivity contribution >= 4 is 6.03 Å². The van der Waals surface area contributed by atoms with Crippen LogP contribution in [0.1, 0.15) is 31.7 Å². The summed E-state index contributed by atoms with van der Waals surface area (Å²) in [6.07, 6.45) is 0.865. The zero-order valence-corrected chi connectivity index (χ0v) is 23.9. The van der Waals surface area contributed by atoms with Crippen LogP contribution in [-0.4, -0.2) is 122 Å². The van der Waals surface area contributed by atoms with E-state index in [1.54, 1.807) is 9.80 Å². The predicted octanol–water partition coefficient (Wildman–Crippen LogP) is 1.56. The molecule has 1 aromatic rings. The number of amides is 2. The normalized spacial score (nSPS) is 27.9. The van der Waals surface area contributed by atoms with Crippen molar-refractivity contribution in [3.8, 4) is 0 Å². The maximum Gasteiger partial charge on any atom is 0.319 e. The highest BCUT2D eigenvalue weighted by Crippen LogP contribution is 2.49. The molecule has 10 heteroatoms. The Morgan fingerprint density at radius 3 is 2.54 bits per heavy atom. The smallest absolute Gasteiger partial charge is 0.319 e. The van der Waals surface area contributed by atoms with Gasteiger partial charge in [-0.1, -0.05) is 43.7 Å². The Morgan fingerprint density at radius 2 is 1.82 bits per heavy atom. The number of likely N-dealkylation sites (N-methyl/N-ethyl adjacent to an activating group) is 1. The summed E-state index contributed by atoms with van der Waals surface area (Å²) in [7, 11) is 5.74. The van der Waals surface area contributed by atoms with Gasteiger partial charge in [-0.15, -0.1) is 0 Å². The lowest BCUT2D eigenvalue weighted by Crippen LogP contribution is -2.55. The van der Waals surface area contributed by atoms with Crippen LogP contribution in [-0.2, 0) is 20.6 Å². The largest absolute Gasteiger partial charge is 0.390 e. The molecule has 2 heterocycles. The number of benzene rings is 1. The molecule has 0 aromatic heterocycles. The van der Waals surface area contributed by atoms with Crippen LogP contribution in [0.3, 0.4) is 0 Å². The number of aliphatic hydroxyl groups excluding tert-OH is 2. The average Bonchev–Trinajstić information content (AvgIpc) is 3.45. The summed E-state index contributed by atoms with van der Waals surface area (Å²) < 4.78 is 17.8. The molecule has 1 aromatic carbocycles. The van der Waals surface area contributed by atoms with Gasteiger partial charge in [0.05, 0.1) is 25.4 Å². The first-order valence-electron chi connectivity index (χ1n) is 14.5. The number of hydrogen-bond donors (Lipinski definition) is 3. The van der Waals surface area contributed by atoms with E-state index in [0.29, 0.717) is 45.2 Å². The third-order valence-electron chi connectivity index (χ3n) is 8.36. The first kappa shape index (κ1) is 30.2. The van der Waals surface area contributed by atoms with E-state index in [2.05, 4.69) is 12.2 Å². The van der Waals surface area contributed by atoms with Crippen LogP contribution in [0, 0.1) is 17.8 Å². The summed E-state index contributed by atoms with van der Waals surface area (Å²) in [5, 5.41) is 25.7. The Hall–Kier alpha value is -1.79. The predicted molar refractivity (Wildman–Crippen MR) is 148 cm³/mol. The quantitative estimate of drug-likeness (QED) is 0.284. The first-order valence-corrected chi connectivity index (χ1v) is 14.5. The molecule has 1 aliphatic carbocycles. The summed E-state index contributed by atoms with van der Waals surface area (Å²) in [4.78, 5) is 18.8. The van der Waals surface area contributed by atoms with E-state index >= 15 is 0 Å². The van der Waals surface area contributed by atoms with Gasteiger partial charge in [-0.25, -0.2) is 4.79 Å². The van der Waals surface area contributed by atoms with E-state index in [9.17, 15) is 15.0 Å². The van der Waals surface area contributed by atoms with Gasteiger partial charge in [0.2, 0.25) is 6.41 Å². The molecule has 3 fully saturated rings. The topological polar surface area (TPSA) is 107 Å². The molecule has 0 spiro atoms. The average molecular weight is 549 g/mol. The number of fused-ring (bicyclic) bond motifs is 1. The molecule has 8 atom stereocenters. The van der Waals surface area contributed by atoms with Crippen molar-refractivity contribution in [1.82, 2.24) is 20.0 Å². The Labute approximate surface area is 233 Å². The van der Waals surface area contributed by atoms with Gasteiger partial charge in [-0.05, 0) is 38.9 Å². The van der Waals surface area contributed by atoms with Crippen LogP contribution >= 0.6 is 0 Å². The number of carbonyl (C=O) groups is 1. The van der Waals surface area contributed by atoms with Gasteiger partial charge in [-0.2, -0.15) is 0 Å². The highest BCUT2D eigenvalue weighted by atomic mass is 16.7. The lowest BCUT2D eigenvalue weighted by Gasteiger charge is -2.35. The number of nitrogens with one attached hydrogen (secondary N) is 1. The van der Waals surface area contributed by atoms with E-state index in [0.717, 1.165) is 24.8 Å². The SMILES string of the molecule is CCCCN(C)C(=O)N(CCN(C)C)C[C@@H](O)[C@H](Cc1ccccc1)NC(O)OC1C2COC3OCC1C3C2. The van der Waals surface area contributed by atoms with Crippen molar-refractivity contribution in [1.29, 1.82) is 0 Å². The van der Waals surface area contributed by atoms with Gasteiger partial charge in [0.15, 0.2) is 6.29 Å². The third-order valence-corrected chi connectivity index (χ3v) is 8.36. The Bertz CT molecular complexity index is 892. The van der Waals surface area contributed by atoms with Crippen LogP contribution < -0.4 is 5.32 Å². The van der Waals surface area contributed by atoms with Gasteiger partial charge >= 0.3 is 6.03 Å². The molecule has 3 aliphatic rings. The van der Waals surface area contributed by atoms with Crippen LogP contribution in [0.4, 0.5) is 4.79 Å². The van der Waals surface area contributed by atoms with Crippen molar-refractivity contribution in [2.75, 3.05) is 60.5 Å². The van der Waals surface area contributed by atoms with Crippen LogP contribution in [0.5, 0.6) is 0 Å². The molecule has 6 unspecified atom stereocenters. The van der Waals surface area contributed by atoms with Crippen molar-refractivity contribution in [3.63, 3.8) is 0 Å². The number of unbranched alkanes of at least 4 members (excludes halogenated alkanes) is 1. The molecule has 2 aliphatic heterocycles. The number of carbonyl (C=O) groups excluding carboxylic acids is 1. The first-order chi connectivity index (χ1) is 18.8. The van der Waals surface area contributed by atoms with Crippen molar-refractivity contribution in [3.05, 3.63) is 35.9 Å². The Balaban J connectivity index is 1.43. The van der Waals surface area contributed by atoms with Gasteiger partial charge in [0.1, 0.15) is 0 Å². The molecule has 2 bridgehead atoms. The number of nitrogens with zero attached hydrogens (tertiary/aromatic N) is 3. The molecule has 39 heavy (non-hydrogen) atoms. The van der Waals surface area contributed by atoms with Gasteiger partial charge in [0.25, 0.3) is 0 Å². The minimum atomic E-state index is -1.27. The fourth-order valence-electron chi connectivity index (χ4n) is 6.09. The molecule has 220 valence electrons. The van der Waals surface area contributed by atoms with Crippen LogP contribution in [0.25, 0.3) is 0 Å². The summed E-state index contributed by atoms with van der Waals surface area (Å²) in [5.41, 5.74) is 1.02. The minimum absolute atomic E-state index is 0.103. The molecular weight excluding hydrogens is 500 g/mol. The number of urea groups is 1. The molecule has 2 amide bonds. The van der Waals surface area contributed by atoms with E-state index in [-0.39, 0.29) is 36.8 Å². The Morgan fingerprint density at radius 1 is 1.08 bits per heavy atom. The summed E-state index contributed by atoms with van der Waals surface area (Å²) in [6, 6.07) is 9.21. The van der Waals surface area contributed by atoms with E-state index in [4.69, 9.17) is 14.2 Å². The molecule has 4 rings (SSSR count). The third kappa shape index (κ3) is 7.91. The zero-order chi connectivity index (χ0) is 27.9. The van der Waals surface area contributed by atoms with E-state index in [1.165, 1.54) is 0 Å². The monoisotopic (exact) mass is 548 g/mol. The second-order valence-electron chi connectivity index (χ2n) is 11.6.